The Labute approximate surface area is 250 Å². The van der Waals surface area contributed by atoms with Crippen LogP contribution >= 0.6 is 0 Å². The van der Waals surface area contributed by atoms with E-state index in [2.05, 4.69) is 43.0 Å². The highest BCUT2D eigenvalue weighted by Crippen LogP contribution is 2.65. The molecule has 2 saturated carbocycles. The summed E-state index contributed by atoms with van der Waals surface area (Å²) >= 11 is 0. The number of carbonyl (C=O) groups excluding carboxylic acids is 5. The van der Waals surface area contributed by atoms with Gasteiger partial charge < -0.3 is 25.6 Å². The maximum absolute atomic E-state index is 14.2. The van der Waals surface area contributed by atoms with Gasteiger partial charge in [-0.3, -0.25) is 19.2 Å². The van der Waals surface area contributed by atoms with E-state index in [0.717, 1.165) is 32.1 Å². The molecule has 1 heterocycles. The molecule has 4 amide bonds. The zero-order valence-electron chi connectivity index (χ0n) is 26.0. The van der Waals surface area contributed by atoms with Gasteiger partial charge in [0.1, 0.15) is 17.7 Å². The number of alkyl carbamates (subject to hydrolysis) is 1. The van der Waals surface area contributed by atoms with Crippen molar-refractivity contribution in [1.82, 2.24) is 20.9 Å². The molecule has 2 aliphatic carbocycles. The van der Waals surface area contributed by atoms with Gasteiger partial charge in [-0.05, 0) is 76.0 Å². The van der Waals surface area contributed by atoms with Crippen molar-refractivity contribution in [2.45, 2.75) is 110 Å². The summed E-state index contributed by atoms with van der Waals surface area (Å²) in [5.41, 5.74) is -0.877. The first-order valence-electron chi connectivity index (χ1n) is 15.4. The molecule has 0 bridgehead atoms. The summed E-state index contributed by atoms with van der Waals surface area (Å²) in [5, 5.41) is 8.17. The van der Waals surface area contributed by atoms with E-state index in [-0.39, 0.29) is 42.0 Å². The van der Waals surface area contributed by atoms with E-state index in [0.29, 0.717) is 19.4 Å². The van der Waals surface area contributed by atoms with Crippen LogP contribution in [0.15, 0.2) is 25.3 Å². The zero-order valence-corrected chi connectivity index (χ0v) is 26.0. The fraction of sp³-hybridized carbons (Fsp3) is 0.719. The Bertz CT molecular complexity index is 1060. The summed E-state index contributed by atoms with van der Waals surface area (Å²) in [4.78, 5) is 68.1. The van der Waals surface area contributed by atoms with Crippen molar-refractivity contribution in [3.63, 3.8) is 0 Å². The number of allylic oxidation sites excluding steroid dienone is 1. The number of nitrogens with one attached hydrogen (secondary N) is 3. The van der Waals surface area contributed by atoms with Crippen molar-refractivity contribution in [2.75, 3.05) is 13.1 Å². The quantitative estimate of drug-likeness (QED) is 0.171. The molecule has 0 radical (unpaired) electrons. The maximum Gasteiger partial charge on any atom is 0.408 e. The first-order chi connectivity index (χ1) is 19.7. The maximum atomic E-state index is 14.2. The van der Waals surface area contributed by atoms with Crippen LogP contribution in [-0.4, -0.2) is 71.3 Å². The van der Waals surface area contributed by atoms with Crippen LogP contribution in [0.25, 0.3) is 0 Å². The number of nitrogens with zero attached hydrogens (tertiary/aromatic N) is 1. The number of unbranched alkanes of at least 4 members (excludes halogenated alkanes) is 1. The molecule has 0 aromatic heterocycles. The van der Waals surface area contributed by atoms with Crippen LogP contribution in [0.5, 0.6) is 0 Å². The first-order valence-corrected chi connectivity index (χ1v) is 15.4. The van der Waals surface area contributed by atoms with Gasteiger partial charge in [-0.1, -0.05) is 45.3 Å². The van der Waals surface area contributed by atoms with Crippen LogP contribution in [0.4, 0.5) is 4.79 Å². The normalized spacial score (nSPS) is 24.4. The van der Waals surface area contributed by atoms with E-state index < -0.39 is 47.4 Å². The van der Waals surface area contributed by atoms with Crippen molar-refractivity contribution < 1.29 is 28.7 Å². The summed E-state index contributed by atoms with van der Waals surface area (Å²) in [6, 6.07) is -2.66. The summed E-state index contributed by atoms with van der Waals surface area (Å²) in [5.74, 6) is -2.30. The third kappa shape index (κ3) is 8.01. The standard InChI is InChI=1S/C32H50N4O6/c1-8-10-12-17-22(26(37)28(39)33-18-9-2)34-27(38)25-23-21(32(23,6)7)19-36(25)29(40)24(20-15-13-11-14-16-20)35-30(41)42-31(3,4)5/h8-9,20-25H,1-2,10-19H2,3-7H3,(H,33,39)(H,34,38)(H,35,41)/t21?,22?,23-,24-,25-/m0/s1. The second-order valence-electron chi connectivity index (χ2n) is 13.6. The van der Waals surface area contributed by atoms with Gasteiger partial charge in [0.15, 0.2) is 0 Å². The average molecular weight is 587 g/mol. The van der Waals surface area contributed by atoms with E-state index in [4.69, 9.17) is 4.74 Å². The average Bonchev–Trinajstić information content (AvgIpc) is 3.24. The Morgan fingerprint density at radius 2 is 1.69 bits per heavy atom. The van der Waals surface area contributed by atoms with Crippen molar-refractivity contribution in [3.8, 4) is 0 Å². The number of rotatable bonds is 13. The second-order valence-corrected chi connectivity index (χ2v) is 13.6. The van der Waals surface area contributed by atoms with Crippen LogP contribution in [-0.2, 0) is 23.9 Å². The van der Waals surface area contributed by atoms with Crippen molar-refractivity contribution >= 4 is 29.6 Å². The molecule has 3 fully saturated rings. The number of hydrogen-bond acceptors (Lipinski definition) is 6. The van der Waals surface area contributed by atoms with E-state index >= 15 is 0 Å². The molecule has 0 aromatic carbocycles. The summed E-state index contributed by atoms with van der Waals surface area (Å²) in [6.07, 6.45) is 8.60. The Morgan fingerprint density at radius 3 is 2.29 bits per heavy atom. The second kappa shape index (κ2) is 13.9. The van der Waals surface area contributed by atoms with Gasteiger partial charge in [0.05, 0.1) is 6.04 Å². The van der Waals surface area contributed by atoms with Gasteiger partial charge in [-0.25, -0.2) is 4.79 Å². The van der Waals surface area contributed by atoms with Gasteiger partial charge in [0, 0.05) is 13.1 Å². The molecule has 10 heteroatoms. The minimum atomic E-state index is -1.03. The molecular formula is C32H50N4O6. The Morgan fingerprint density at radius 1 is 1.02 bits per heavy atom. The lowest BCUT2D eigenvalue weighted by molar-refractivity contribution is -0.145. The first kappa shape index (κ1) is 33.3. The largest absolute Gasteiger partial charge is 0.444 e. The highest BCUT2D eigenvalue weighted by atomic mass is 16.6. The number of ether oxygens (including phenoxy) is 1. The lowest BCUT2D eigenvalue weighted by atomic mass is 9.83. The molecule has 3 N–H and O–H groups in total. The van der Waals surface area contributed by atoms with Gasteiger partial charge in [-0.2, -0.15) is 0 Å². The molecule has 10 nitrogen and oxygen atoms in total. The lowest BCUT2D eigenvalue weighted by Crippen LogP contribution is -2.59. The van der Waals surface area contributed by atoms with E-state index in [1.54, 1.807) is 31.7 Å². The lowest BCUT2D eigenvalue weighted by Gasteiger charge is -2.37. The molecular weight excluding hydrogens is 536 g/mol. The fourth-order valence-corrected chi connectivity index (χ4v) is 6.68. The third-order valence-corrected chi connectivity index (χ3v) is 8.98. The van der Waals surface area contributed by atoms with Crippen LogP contribution in [0.3, 0.4) is 0 Å². The predicted octanol–water partition coefficient (Wildman–Crippen LogP) is 3.66. The van der Waals surface area contributed by atoms with Crippen molar-refractivity contribution in [3.05, 3.63) is 25.3 Å². The molecule has 0 spiro atoms. The van der Waals surface area contributed by atoms with E-state index in [1.165, 1.54) is 6.08 Å². The Hall–Kier alpha value is -3.17. The number of carbonyl (C=O) groups is 5. The molecule has 1 aliphatic heterocycles. The SMILES string of the molecule is C=CCCCC(NC(=O)[C@@H]1[C@@H]2C(CN1C(=O)[C@@H](NC(=O)OC(C)(C)C)C1CCCCC1)C2(C)C)C(=O)C(=O)NCC=C. The monoisotopic (exact) mass is 586 g/mol. The van der Waals surface area contributed by atoms with Crippen molar-refractivity contribution in [2.24, 2.45) is 23.2 Å². The number of Topliss-reactive ketones (excluding diaryl/α,β-unsaturated/α-hetero) is 1. The molecule has 234 valence electrons. The fourth-order valence-electron chi connectivity index (χ4n) is 6.68. The number of hydrogen-bond donors (Lipinski definition) is 3. The van der Waals surface area contributed by atoms with Gasteiger partial charge in [0.2, 0.25) is 17.6 Å². The number of amides is 4. The van der Waals surface area contributed by atoms with Gasteiger partial charge in [0.25, 0.3) is 5.91 Å². The molecule has 2 unspecified atom stereocenters. The van der Waals surface area contributed by atoms with Crippen LogP contribution in [0.2, 0.25) is 0 Å². The van der Waals surface area contributed by atoms with Crippen LogP contribution in [0.1, 0.15) is 86.0 Å². The number of fused-ring (bicyclic) bond motifs is 1. The molecule has 0 aromatic rings. The number of ketones is 1. The Kier molecular flexibility index (Phi) is 11.0. The minimum absolute atomic E-state index is 0.0609. The molecule has 42 heavy (non-hydrogen) atoms. The van der Waals surface area contributed by atoms with E-state index in [1.807, 2.05) is 0 Å². The van der Waals surface area contributed by atoms with Crippen LogP contribution < -0.4 is 16.0 Å². The smallest absolute Gasteiger partial charge is 0.408 e. The highest BCUT2D eigenvalue weighted by Gasteiger charge is 2.69. The van der Waals surface area contributed by atoms with Gasteiger partial charge in [-0.15, -0.1) is 13.2 Å². The third-order valence-electron chi connectivity index (χ3n) is 8.98. The number of piperidine rings is 1. The Balaban J connectivity index is 1.85. The topological polar surface area (TPSA) is 134 Å². The van der Waals surface area contributed by atoms with Crippen molar-refractivity contribution in [1.29, 1.82) is 0 Å². The molecule has 5 atom stereocenters. The molecule has 3 rings (SSSR count). The predicted molar refractivity (Wildman–Crippen MR) is 160 cm³/mol. The minimum Gasteiger partial charge on any atom is -0.444 e. The van der Waals surface area contributed by atoms with E-state index in [9.17, 15) is 24.0 Å². The highest BCUT2D eigenvalue weighted by molar-refractivity contribution is 6.38. The summed E-state index contributed by atoms with van der Waals surface area (Å²) in [6.45, 7) is 17.3. The summed E-state index contributed by atoms with van der Waals surface area (Å²) < 4.78 is 5.50. The summed E-state index contributed by atoms with van der Waals surface area (Å²) in [7, 11) is 0. The van der Waals surface area contributed by atoms with Gasteiger partial charge >= 0.3 is 6.09 Å². The molecule has 3 aliphatic rings. The molecule has 1 saturated heterocycles. The number of likely N-dealkylation sites (tertiary alicyclic amines) is 1. The van der Waals surface area contributed by atoms with Crippen LogP contribution in [0, 0.1) is 23.2 Å². The zero-order chi connectivity index (χ0) is 31.2.